The van der Waals surface area contributed by atoms with Crippen molar-refractivity contribution in [2.75, 3.05) is 0 Å². The van der Waals surface area contributed by atoms with Crippen LogP contribution < -0.4 is 4.74 Å². The fourth-order valence-corrected chi connectivity index (χ4v) is 2.90. The first kappa shape index (κ1) is 13.6. The van der Waals surface area contributed by atoms with Crippen LogP contribution in [-0.2, 0) is 0 Å². The Labute approximate surface area is 128 Å². The molecule has 20 heavy (non-hydrogen) atoms. The highest BCUT2D eigenvalue weighted by Gasteiger charge is 2.29. The Morgan fingerprint density at radius 2 is 2.05 bits per heavy atom. The summed E-state index contributed by atoms with van der Waals surface area (Å²) < 4.78 is 19.9. The van der Waals surface area contributed by atoms with Gasteiger partial charge in [0.05, 0.1) is 12.0 Å². The van der Waals surface area contributed by atoms with Crippen molar-refractivity contribution in [1.29, 1.82) is 0 Å². The number of ether oxygens (including phenoxy) is 1. The molecule has 1 aliphatic heterocycles. The minimum absolute atomic E-state index is 0.0603. The SMILES string of the molecule is O=C1CC(c2cc(F)ccc2Br)Oc2ccc(Cl)cc21. The van der Waals surface area contributed by atoms with Crippen molar-refractivity contribution in [3.63, 3.8) is 0 Å². The zero-order chi connectivity index (χ0) is 14.3. The van der Waals surface area contributed by atoms with E-state index in [0.717, 1.165) is 0 Å². The topological polar surface area (TPSA) is 26.3 Å². The van der Waals surface area contributed by atoms with Crippen LogP contribution in [0.5, 0.6) is 5.75 Å². The lowest BCUT2D eigenvalue weighted by atomic mass is 9.96. The van der Waals surface area contributed by atoms with E-state index in [1.807, 2.05) is 0 Å². The second-order valence-corrected chi connectivity index (χ2v) is 5.83. The van der Waals surface area contributed by atoms with Gasteiger partial charge in [0.25, 0.3) is 0 Å². The number of fused-ring (bicyclic) bond motifs is 1. The summed E-state index contributed by atoms with van der Waals surface area (Å²) in [5.74, 6) is 0.0582. The summed E-state index contributed by atoms with van der Waals surface area (Å²) >= 11 is 9.23. The molecule has 0 radical (unpaired) electrons. The first-order chi connectivity index (χ1) is 9.54. The molecule has 1 atom stereocenters. The van der Waals surface area contributed by atoms with Crippen LogP contribution in [0.15, 0.2) is 40.9 Å². The fraction of sp³-hybridized carbons (Fsp3) is 0.133. The van der Waals surface area contributed by atoms with Gasteiger partial charge in [-0.3, -0.25) is 4.79 Å². The Morgan fingerprint density at radius 3 is 2.85 bits per heavy atom. The summed E-state index contributed by atoms with van der Waals surface area (Å²) in [5.41, 5.74) is 1.10. The monoisotopic (exact) mass is 354 g/mol. The third-order valence-corrected chi connectivity index (χ3v) is 4.14. The molecule has 0 N–H and O–H groups in total. The Hall–Kier alpha value is -1.39. The molecule has 0 fully saturated rings. The van der Waals surface area contributed by atoms with E-state index in [1.54, 1.807) is 24.3 Å². The van der Waals surface area contributed by atoms with Gasteiger partial charge in [0.15, 0.2) is 5.78 Å². The second-order valence-electron chi connectivity index (χ2n) is 4.54. The number of benzene rings is 2. The van der Waals surface area contributed by atoms with E-state index in [-0.39, 0.29) is 18.0 Å². The van der Waals surface area contributed by atoms with Crippen LogP contribution >= 0.6 is 27.5 Å². The van der Waals surface area contributed by atoms with Crippen molar-refractivity contribution in [2.45, 2.75) is 12.5 Å². The number of hydrogen-bond acceptors (Lipinski definition) is 2. The zero-order valence-corrected chi connectivity index (χ0v) is 12.5. The number of carbonyl (C=O) groups is 1. The predicted octanol–water partition coefficient (Wildman–Crippen LogP) is 4.95. The van der Waals surface area contributed by atoms with E-state index in [2.05, 4.69) is 15.9 Å². The first-order valence-electron chi connectivity index (χ1n) is 5.99. The average Bonchev–Trinajstić information content (AvgIpc) is 2.42. The standard InChI is InChI=1S/C15H9BrClFO2/c16-12-3-2-9(18)6-10(12)15-7-13(19)11-5-8(17)1-4-14(11)20-15/h1-6,15H,7H2. The molecular weight excluding hydrogens is 347 g/mol. The molecule has 0 spiro atoms. The number of ketones is 1. The van der Waals surface area contributed by atoms with Gasteiger partial charge in [-0.1, -0.05) is 27.5 Å². The van der Waals surface area contributed by atoms with Gasteiger partial charge in [-0.05, 0) is 36.4 Å². The van der Waals surface area contributed by atoms with Crippen molar-refractivity contribution in [3.05, 3.63) is 62.8 Å². The van der Waals surface area contributed by atoms with E-state index in [9.17, 15) is 9.18 Å². The molecule has 0 saturated carbocycles. The number of Topliss-reactive ketones (excluding diaryl/α,β-unsaturated/α-hetero) is 1. The number of rotatable bonds is 1. The summed E-state index contributed by atoms with van der Waals surface area (Å²) in [6.07, 6.45) is -0.337. The van der Waals surface area contributed by atoms with Crippen LogP contribution in [-0.4, -0.2) is 5.78 Å². The average molecular weight is 356 g/mol. The van der Waals surface area contributed by atoms with Crippen molar-refractivity contribution < 1.29 is 13.9 Å². The molecule has 5 heteroatoms. The fourth-order valence-electron chi connectivity index (χ4n) is 2.23. The van der Waals surface area contributed by atoms with Gasteiger partial charge in [0.2, 0.25) is 0 Å². The third kappa shape index (κ3) is 2.45. The van der Waals surface area contributed by atoms with Crippen LogP contribution in [0.3, 0.4) is 0 Å². The van der Waals surface area contributed by atoms with Gasteiger partial charge in [-0.15, -0.1) is 0 Å². The number of hydrogen-bond donors (Lipinski definition) is 0. The highest BCUT2D eigenvalue weighted by Crippen LogP contribution is 2.38. The summed E-state index contributed by atoms with van der Waals surface area (Å²) in [6.45, 7) is 0. The summed E-state index contributed by atoms with van der Waals surface area (Å²) in [6, 6.07) is 9.26. The van der Waals surface area contributed by atoms with E-state index in [1.165, 1.54) is 12.1 Å². The van der Waals surface area contributed by atoms with Crippen LogP contribution in [0.2, 0.25) is 5.02 Å². The number of halogens is 3. The third-order valence-electron chi connectivity index (χ3n) is 3.19. The van der Waals surface area contributed by atoms with Gasteiger partial charge < -0.3 is 4.74 Å². The lowest BCUT2D eigenvalue weighted by molar-refractivity contribution is 0.0849. The predicted molar refractivity (Wildman–Crippen MR) is 77.9 cm³/mol. The molecule has 1 aliphatic rings. The molecule has 1 unspecified atom stereocenters. The minimum atomic E-state index is -0.499. The lowest BCUT2D eigenvalue weighted by Crippen LogP contribution is -2.20. The molecular formula is C15H9BrClFO2. The van der Waals surface area contributed by atoms with Crippen LogP contribution in [0.4, 0.5) is 4.39 Å². The van der Waals surface area contributed by atoms with Gasteiger partial charge >= 0.3 is 0 Å². The molecule has 2 aromatic rings. The van der Waals surface area contributed by atoms with Gasteiger partial charge in [-0.2, -0.15) is 0 Å². The maximum Gasteiger partial charge on any atom is 0.170 e. The Kier molecular flexibility index (Phi) is 3.52. The summed E-state index contributed by atoms with van der Waals surface area (Å²) in [7, 11) is 0. The highest BCUT2D eigenvalue weighted by molar-refractivity contribution is 9.10. The maximum absolute atomic E-state index is 13.4. The normalized spacial score (nSPS) is 17.6. The molecule has 0 bridgehead atoms. The molecule has 2 nitrogen and oxygen atoms in total. The van der Waals surface area contributed by atoms with E-state index < -0.39 is 6.10 Å². The molecule has 1 heterocycles. The van der Waals surface area contributed by atoms with Gasteiger partial charge in [-0.25, -0.2) is 4.39 Å². The Balaban J connectivity index is 2.01. The maximum atomic E-state index is 13.4. The highest BCUT2D eigenvalue weighted by atomic mass is 79.9. The second kappa shape index (κ2) is 5.19. The molecule has 0 saturated heterocycles. The van der Waals surface area contributed by atoms with E-state index in [4.69, 9.17) is 16.3 Å². The lowest BCUT2D eigenvalue weighted by Gasteiger charge is -2.26. The molecule has 0 aromatic heterocycles. The van der Waals surface area contributed by atoms with Gasteiger partial charge in [0.1, 0.15) is 17.7 Å². The molecule has 0 amide bonds. The van der Waals surface area contributed by atoms with E-state index in [0.29, 0.717) is 26.4 Å². The van der Waals surface area contributed by atoms with Crippen LogP contribution in [0.25, 0.3) is 0 Å². The molecule has 102 valence electrons. The van der Waals surface area contributed by atoms with Crippen molar-refractivity contribution in [3.8, 4) is 5.75 Å². The van der Waals surface area contributed by atoms with Crippen LogP contribution in [0.1, 0.15) is 28.4 Å². The van der Waals surface area contributed by atoms with Crippen molar-refractivity contribution >= 4 is 33.3 Å². The summed E-state index contributed by atoms with van der Waals surface area (Å²) in [4.78, 5) is 12.2. The molecule has 0 aliphatic carbocycles. The molecule has 2 aromatic carbocycles. The number of carbonyl (C=O) groups excluding carboxylic acids is 1. The zero-order valence-electron chi connectivity index (χ0n) is 10.2. The van der Waals surface area contributed by atoms with E-state index >= 15 is 0 Å². The van der Waals surface area contributed by atoms with Gasteiger partial charge in [0, 0.05) is 15.1 Å². The van der Waals surface area contributed by atoms with Crippen LogP contribution in [0, 0.1) is 5.82 Å². The largest absolute Gasteiger partial charge is 0.484 e. The minimum Gasteiger partial charge on any atom is -0.484 e. The summed E-state index contributed by atoms with van der Waals surface area (Å²) in [5, 5.41) is 0.492. The van der Waals surface area contributed by atoms with Crippen molar-refractivity contribution in [2.24, 2.45) is 0 Å². The Bertz CT molecular complexity index is 702. The quantitative estimate of drug-likeness (QED) is 0.723. The first-order valence-corrected chi connectivity index (χ1v) is 7.16. The smallest absolute Gasteiger partial charge is 0.170 e. The Morgan fingerprint density at radius 1 is 1.25 bits per heavy atom. The van der Waals surface area contributed by atoms with Crippen molar-refractivity contribution in [1.82, 2.24) is 0 Å². The molecule has 3 rings (SSSR count).